The van der Waals surface area contributed by atoms with Crippen LogP contribution in [-0.4, -0.2) is 33.7 Å². The molecule has 152 valence electrons. The van der Waals surface area contributed by atoms with Gasteiger partial charge in [0, 0.05) is 6.54 Å². The molecule has 1 fully saturated rings. The average Bonchev–Trinajstić information content (AvgIpc) is 2.57. The summed E-state index contributed by atoms with van der Waals surface area (Å²) in [7, 11) is -3.97. The molecule has 5 nitrogen and oxygen atoms in total. The monoisotopic (exact) mass is 426 g/mol. The Bertz CT molecular complexity index is 778. The van der Waals surface area contributed by atoms with Gasteiger partial charge in [-0.1, -0.05) is 30.9 Å². The number of alkyl halides is 3. The number of sulfonamides is 1. The van der Waals surface area contributed by atoms with Crippen molar-refractivity contribution < 1.29 is 26.4 Å². The number of carbonyl (C=O) groups is 1. The van der Waals surface area contributed by atoms with Crippen molar-refractivity contribution in [2.24, 2.45) is 5.92 Å². The highest BCUT2D eigenvalue weighted by molar-refractivity contribution is 7.92. The zero-order valence-electron chi connectivity index (χ0n) is 14.9. The molecule has 1 aromatic carbocycles. The van der Waals surface area contributed by atoms with E-state index >= 15 is 0 Å². The Labute approximate surface area is 161 Å². The summed E-state index contributed by atoms with van der Waals surface area (Å²) in [5.74, 6) is -0.212. The Morgan fingerprint density at radius 3 is 2.44 bits per heavy atom. The minimum absolute atomic E-state index is 0.262. The molecular formula is C17H22ClF3N2O3S. The van der Waals surface area contributed by atoms with E-state index in [9.17, 15) is 26.4 Å². The molecule has 10 heteroatoms. The third kappa shape index (κ3) is 6.27. The summed E-state index contributed by atoms with van der Waals surface area (Å²) >= 11 is 5.57. The molecule has 0 atom stereocenters. The van der Waals surface area contributed by atoms with E-state index in [1.165, 1.54) is 6.42 Å². The number of nitrogens with zero attached hydrogens (tertiary/aromatic N) is 1. The fourth-order valence-electron chi connectivity index (χ4n) is 3.12. The standard InChI is InChI=1S/C17H22ClF3N2O3S/c1-27(25,26)23(11-16(24)22-10-12-5-3-2-4-6-12)13-7-8-15(18)14(9-13)17(19,20)21/h7-9,12H,2-6,10-11H2,1H3,(H,22,24). The maximum absolute atomic E-state index is 13.0. The number of hydrogen-bond acceptors (Lipinski definition) is 3. The second-order valence-electron chi connectivity index (χ2n) is 6.74. The van der Waals surface area contributed by atoms with Crippen LogP contribution in [0.5, 0.6) is 0 Å². The highest BCUT2D eigenvalue weighted by Gasteiger charge is 2.34. The first kappa shape index (κ1) is 21.8. The fraction of sp³-hybridized carbons (Fsp3) is 0.588. The van der Waals surface area contributed by atoms with Crippen molar-refractivity contribution in [3.05, 3.63) is 28.8 Å². The molecule has 0 saturated heterocycles. The van der Waals surface area contributed by atoms with Crippen LogP contribution in [0.4, 0.5) is 18.9 Å². The molecule has 0 radical (unpaired) electrons. The van der Waals surface area contributed by atoms with Crippen molar-refractivity contribution in [3.63, 3.8) is 0 Å². The fourth-order valence-corrected chi connectivity index (χ4v) is 4.19. The van der Waals surface area contributed by atoms with E-state index in [-0.39, 0.29) is 5.69 Å². The van der Waals surface area contributed by atoms with Gasteiger partial charge in [-0.05, 0) is 37.0 Å². The second kappa shape index (κ2) is 8.68. The smallest absolute Gasteiger partial charge is 0.354 e. The van der Waals surface area contributed by atoms with Gasteiger partial charge >= 0.3 is 6.18 Å². The third-order valence-corrected chi connectivity index (χ3v) is 6.01. The van der Waals surface area contributed by atoms with Gasteiger partial charge in [0.1, 0.15) is 6.54 Å². The Hall–Kier alpha value is -1.48. The lowest BCUT2D eigenvalue weighted by atomic mass is 9.89. The molecular weight excluding hydrogens is 405 g/mol. The number of hydrogen-bond donors (Lipinski definition) is 1. The lowest BCUT2D eigenvalue weighted by Gasteiger charge is -2.25. The molecule has 0 aliphatic heterocycles. The van der Waals surface area contributed by atoms with E-state index in [2.05, 4.69) is 5.32 Å². The van der Waals surface area contributed by atoms with E-state index in [4.69, 9.17) is 11.6 Å². The summed E-state index contributed by atoms with van der Waals surface area (Å²) in [4.78, 5) is 12.2. The summed E-state index contributed by atoms with van der Waals surface area (Å²) in [6, 6.07) is 2.75. The lowest BCUT2D eigenvalue weighted by Crippen LogP contribution is -2.42. The predicted molar refractivity (Wildman–Crippen MR) is 98.2 cm³/mol. The van der Waals surface area contributed by atoms with Crippen LogP contribution in [0.2, 0.25) is 5.02 Å². The molecule has 1 aliphatic rings. The number of halogens is 4. The molecule has 1 aliphatic carbocycles. The molecule has 1 amide bonds. The number of nitrogens with one attached hydrogen (secondary N) is 1. The van der Waals surface area contributed by atoms with Gasteiger partial charge in [-0.2, -0.15) is 13.2 Å². The normalized spacial score (nSPS) is 16.2. The predicted octanol–water partition coefficient (Wildman–Crippen LogP) is 3.82. The molecule has 0 spiro atoms. The van der Waals surface area contributed by atoms with Crippen LogP contribution >= 0.6 is 11.6 Å². The first-order valence-electron chi connectivity index (χ1n) is 8.59. The number of benzene rings is 1. The van der Waals surface area contributed by atoms with Gasteiger partial charge in [-0.25, -0.2) is 8.42 Å². The summed E-state index contributed by atoms with van der Waals surface area (Å²) in [5, 5.41) is 2.15. The van der Waals surface area contributed by atoms with Gasteiger partial charge in [0.15, 0.2) is 0 Å². The average molecular weight is 427 g/mol. The van der Waals surface area contributed by atoms with Gasteiger partial charge in [-0.15, -0.1) is 0 Å². The third-order valence-electron chi connectivity index (χ3n) is 4.54. The number of carbonyl (C=O) groups excluding carboxylic acids is 1. The molecule has 0 heterocycles. The van der Waals surface area contributed by atoms with Crippen LogP contribution in [0.25, 0.3) is 0 Å². The van der Waals surface area contributed by atoms with Crippen molar-refractivity contribution in [2.45, 2.75) is 38.3 Å². The van der Waals surface area contributed by atoms with Gasteiger partial charge in [0.05, 0.1) is 22.5 Å². The number of anilines is 1. The van der Waals surface area contributed by atoms with Crippen molar-refractivity contribution in [1.82, 2.24) is 5.32 Å². The van der Waals surface area contributed by atoms with Gasteiger partial charge < -0.3 is 5.32 Å². The van der Waals surface area contributed by atoms with E-state index < -0.39 is 39.2 Å². The van der Waals surface area contributed by atoms with Crippen LogP contribution in [0, 0.1) is 5.92 Å². The van der Waals surface area contributed by atoms with Gasteiger partial charge in [-0.3, -0.25) is 9.10 Å². The minimum atomic E-state index is -4.74. The largest absolute Gasteiger partial charge is 0.417 e. The first-order chi connectivity index (χ1) is 12.5. The number of rotatable bonds is 6. The Morgan fingerprint density at radius 2 is 1.89 bits per heavy atom. The van der Waals surface area contributed by atoms with Crippen LogP contribution in [0.15, 0.2) is 18.2 Å². The van der Waals surface area contributed by atoms with Crippen molar-refractivity contribution in [3.8, 4) is 0 Å². The summed E-state index contributed by atoms with van der Waals surface area (Å²) in [6.07, 6.45) is 1.47. The quantitative estimate of drug-likeness (QED) is 0.752. The molecule has 1 N–H and O–H groups in total. The maximum Gasteiger partial charge on any atom is 0.417 e. The van der Waals surface area contributed by atoms with Crippen molar-refractivity contribution >= 4 is 33.2 Å². The highest BCUT2D eigenvalue weighted by Crippen LogP contribution is 2.37. The van der Waals surface area contributed by atoms with Crippen molar-refractivity contribution in [1.29, 1.82) is 0 Å². The van der Waals surface area contributed by atoms with Crippen molar-refractivity contribution in [2.75, 3.05) is 23.7 Å². The van der Waals surface area contributed by atoms with E-state index in [1.54, 1.807) is 0 Å². The molecule has 0 aromatic heterocycles. The molecule has 27 heavy (non-hydrogen) atoms. The molecule has 2 rings (SSSR count). The molecule has 0 bridgehead atoms. The van der Waals surface area contributed by atoms with Crippen LogP contribution in [-0.2, 0) is 21.0 Å². The molecule has 1 aromatic rings. The Morgan fingerprint density at radius 1 is 1.26 bits per heavy atom. The molecule has 0 unspecified atom stereocenters. The van der Waals surface area contributed by atoms with E-state index in [0.29, 0.717) is 22.8 Å². The van der Waals surface area contributed by atoms with Crippen LogP contribution in [0.3, 0.4) is 0 Å². The van der Waals surface area contributed by atoms with Crippen LogP contribution in [0.1, 0.15) is 37.7 Å². The zero-order valence-corrected chi connectivity index (χ0v) is 16.4. The van der Waals surface area contributed by atoms with Gasteiger partial charge in [0.2, 0.25) is 15.9 Å². The Kier molecular flexibility index (Phi) is 7.02. The molecule has 1 saturated carbocycles. The summed E-state index contributed by atoms with van der Waals surface area (Å²) in [5.41, 5.74) is -1.42. The topological polar surface area (TPSA) is 66.5 Å². The van der Waals surface area contributed by atoms with Gasteiger partial charge in [0.25, 0.3) is 0 Å². The zero-order chi connectivity index (χ0) is 20.2. The lowest BCUT2D eigenvalue weighted by molar-refractivity contribution is -0.137. The summed E-state index contributed by atoms with van der Waals surface area (Å²) in [6.45, 7) is -0.157. The Balaban J connectivity index is 2.15. The second-order valence-corrected chi connectivity index (χ2v) is 9.05. The van der Waals surface area contributed by atoms with E-state index in [1.807, 2.05) is 0 Å². The first-order valence-corrected chi connectivity index (χ1v) is 10.8. The highest BCUT2D eigenvalue weighted by atomic mass is 35.5. The number of amides is 1. The maximum atomic E-state index is 13.0. The SMILES string of the molecule is CS(=O)(=O)N(CC(=O)NCC1CCCCC1)c1ccc(Cl)c(C(F)(F)F)c1. The summed E-state index contributed by atoms with van der Waals surface area (Å²) < 4.78 is 63.9. The minimum Gasteiger partial charge on any atom is -0.354 e. The van der Waals surface area contributed by atoms with E-state index in [0.717, 1.165) is 44.1 Å². The van der Waals surface area contributed by atoms with Crippen LogP contribution < -0.4 is 9.62 Å².